The number of ether oxygens (including phenoxy) is 4. The topological polar surface area (TPSA) is 138 Å². The first-order valence-corrected chi connectivity index (χ1v) is 9.51. The third-order valence-electron chi connectivity index (χ3n) is 5.01. The maximum Gasteiger partial charge on any atom is 0.0950 e. The molecule has 0 aromatic carbocycles. The molecule has 0 aliphatic carbocycles. The number of aliphatic hydroxyl groups is 4. The van der Waals surface area contributed by atoms with Gasteiger partial charge < -0.3 is 39.4 Å². The van der Waals surface area contributed by atoms with Gasteiger partial charge in [0.05, 0.1) is 82.7 Å². The van der Waals surface area contributed by atoms with Crippen LogP contribution >= 0.6 is 0 Å². The molecule has 4 aliphatic rings. The fourth-order valence-corrected chi connectivity index (χ4v) is 2.54. The summed E-state index contributed by atoms with van der Waals surface area (Å²) in [6.45, 7) is 5.86. The van der Waals surface area contributed by atoms with Gasteiger partial charge in [0.15, 0.2) is 0 Å². The molecule has 4 aliphatic heterocycles. The first kappa shape index (κ1) is 21.3. The van der Waals surface area contributed by atoms with E-state index in [1.54, 1.807) is 0 Å². The molecule has 0 spiro atoms. The maximum atomic E-state index is 8.50. The van der Waals surface area contributed by atoms with Gasteiger partial charge in [0.25, 0.3) is 0 Å². The van der Waals surface area contributed by atoms with E-state index in [9.17, 15) is 0 Å². The minimum Gasteiger partial charge on any atom is -0.396 e. The van der Waals surface area contributed by atoms with Crippen molar-refractivity contribution in [2.45, 2.75) is 24.4 Å². The standard InChI is InChI=1S/C12H20N2O4.C5H12O4/c1(9-5-15-9)13(2-10-6-16-10)14(3-11-7-17-11)4-12-8-18-12;6-1-5(2-7,3-8)4-9/h9-12H,1-8H2;6-9H,1-4H2. The third kappa shape index (κ3) is 7.50. The highest BCUT2D eigenvalue weighted by Gasteiger charge is 2.38. The van der Waals surface area contributed by atoms with Gasteiger partial charge in [0.2, 0.25) is 0 Å². The van der Waals surface area contributed by atoms with Crippen LogP contribution in [0, 0.1) is 5.41 Å². The monoisotopic (exact) mass is 392 g/mol. The van der Waals surface area contributed by atoms with Crippen molar-refractivity contribution in [3.05, 3.63) is 0 Å². The Bertz CT molecular complexity index is 361. The first-order valence-electron chi connectivity index (χ1n) is 9.51. The van der Waals surface area contributed by atoms with Crippen molar-refractivity contribution in [3.63, 3.8) is 0 Å². The largest absolute Gasteiger partial charge is 0.396 e. The summed E-state index contributed by atoms with van der Waals surface area (Å²) in [7, 11) is 0. The van der Waals surface area contributed by atoms with E-state index in [0.29, 0.717) is 24.4 Å². The summed E-state index contributed by atoms with van der Waals surface area (Å²) in [6.07, 6.45) is 1.64. The van der Waals surface area contributed by atoms with Gasteiger partial charge in [-0.05, 0) is 0 Å². The molecule has 0 saturated carbocycles. The van der Waals surface area contributed by atoms with E-state index >= 15 is 0 Å². The van der Waals surface area contributed by atoms with Crippen LogP contribution in [0.1, 0.15) is 0 Å². The predicted molar refractivity (Wildman–Crippen MR) is 92.9 cm³/mol. The zero-order valence-electron chi connectivity index (χ0n) is 15.6. The number of aliphatic hydroxyl groups excluding tert-OH is 4. The van der Waals surface area contributed by atoms with E-state index in [4.69, 9.17) is 39.4 Å². The molecule has 4 rings (SSSR count). The van der Waals surface area contributed by atoms with Crippen LogP contribution in [0.5, 0.6) is 0 Å². The minimum absolute atomic E-state index is 0.406. The van der Waals surface area contributed by atoms with Gasteiger partial charge in [-0.25, -0.2) is 10.0 Å². The fourth-order valence-electron chi connectivity index (χ4n) is 2.54. The van der Waals surface area contributed by atoms with E-state index in [1.807, 2.05) is 0 Å². The van der Waals surface area contributed by atoms with E-state index in [0.717, 1.165) is 52.6 Å². The van der Waals surface area contributed by atoms with Crippen LogP contribution in [0.2, 0.25) is 0 Å². The van der Waals surface area contributed by atoms with Gasteiger partial charge in [-0.2, -0.15) is 0 Å². The molecule has 10 nitrogen and oxygen atoms in total. The smallest absolute Gasteiger partial charge is 0.0950 e. The Morgan fingerprint density at radius 1 is 0.556 bits per heavy atom. The Morgan fingerprint density at radius 3 is 0.889 bits per heavy atom. The molecule has 0 bridgehead atoms. The number of epoxide rings is 4. The molecule has 4 unspecified atom stereocenters. The van der Waals surface area contributed by atoms with Crippen molar-refractivity contribution in [2.75, 3.05) is 79.0 Å². The van der Waals surface area contributed by atoms with E-state index < -0.39 is 31.8 Å². The van der Waals surface area contributed by atoms with Gasteiger partial charge in [-0.15, -0.1) is 0 Å². The lowest BCUT2D eigenvalue weighted by atomic mass is 9.93. The van der Waals surface area contributed by atoms with Crippen LogP contribution in [-0.2, 0) is 18.9 Å². The average molecular weight is 392 g/mol. The highest BCUT2D eigenvalue weighted by Crippen LogP contribution is 2.22. The summed E-state index contributed by atoms with van der Waals surface area (Å²) < 4.78 is 21.4. The SMILES string of the molecule is C1OC1CN(CC1CO1)N(CC1CO1)CC1CO1.OCC(CO)(CO)CO. The fraction of sp³-hybridized carbons (Fsp3) is 1.00. The van der Waals surface area contributed by atoms with E-state index in [2.05, 4.69) is 10.0 Å². The number of rotatable bonds is 13. The van der Waals surface area contributed by atoms with E-state index in [1.165, 1.54) is 0 Å². The quantitative estimate of drug-likeness (QED) is 0.190. The Kier molecular flexibility index (Phi) is 7.80. The molecule has 158 valence electrons. The zero-order chi connectivity index (χ0) is 19.3. The zero-order valence-corrected chi connectivity index (χ0v) is 15.6. The first-order chi connectivity index (χ1) is 13.1. The molecule has 0 aromatic rings. The Hall–Kier alpha value is -0.400. The Balaban J connectivity index is 0.000000201. The molecule has 10 heteroatoms. The number of nitrogens with zero attached hydrogens (tertiary/aromatic N) is 2. The molecule has 4 fully saturated rings. The molecule has 4 atom stereocenters. The van der Waals surface area contributed by atoms with Gasteiger partial charge in [-0.3, -0.25) is 0 Å². The second-order valence-corrected chi connectivity index (χ2v) is 7.70. The summed E-state index contributed by atoms with van der Waals surface area (Å²) in [6, 6.07) is 0. The van der Waals surface area contributed by atoms with Crippen molar-refractivity contribution < 1.29 is 39.4 Å². The van der Waals surface area contributed by atoms with Gasteiger partial charge in [-0.1, -0.05) is 0 Å². The molecule has 4 heterocycles. The Morgan fingerprint density at radius 2 is 0.778 bits per heavy atom. The number of hydrogen-bond donors (Lipinski definition) is 4. The van der Waals surface area contributed by atoms with E-state index in [-0.39, 0.29) is 0 Å². The second-order valence-electron chi connectivity index (χ2n) is 7.70. The van der Waals surface area contributed by atoms with Crippen LogP contribution in [0.15, 0.2) is 0 Å². The van der Waals surface area contributed by atoms with Crippen LogP contribution in [0.25, 0.3) is 0 Å². The molecular weight excluding hydrogens is 360 g/mol. The summed E-state index contributed by atoms with van der Waals surface area (Å²) in [5, 5.41) is 38.8. The second kappa shape index (κ2) is 9.88. The van der Waals surface area contributed by atoms with Gasteiger partial charge in [0, 0.05) is 26.2 Å². The molecule has 27 heavy (non-hydrogen) atoms. The molecule has 0 radical (unpaired) electrons. The molecular formula is C17H32N2O8. The highest BCUT2D eigenvalue weighted by molar-refractivity contribution is 4.84. The lowest BCUT2D eigenvalue weighted by Gasteiger charge is -2.33. The van der Waals surface area contributed by atoms with Crippen LogP contribution in [-0.4, -0.2) is 134 Å². The van der Waals surface area contributed by atoms with Crippen LogP contribution in [0.3, 0.4) is 0 Å². The highest BCUT2D eigenvalue weighted by atomic mass is 16.6. The maximum absolute atomic E-state index is 8.50. The lowest BCUT2D eigenvalue weighted by Crippen LogP contribution is -2.49. The van der Waals surface area contributed by atoms with Crippen LogP contribution < -0.4 is 0 Å². The number of hydrazine groups is 1. The summed E-state index contributed by atoms with van der Waals surface area (Å²) in [5.74, 6) is 0. The third-order valence-corrected chi connectivity index (χ3v) is 5.01. The van der Waals surface area contributed by atoms with Gasteiger partial charge in [0.1, 0.15) is 0 Å². The van der Waals surface area contributed by atoms with Crippen molar-refractivity contribution in [2.24, 2.45) is 5.41 Å². The van der Waals surface area contributed by atoms with Crippen molar-refractivity contribution in [3.8, 4) is 0 Å². The minimum atomic E-state index is -1.11. The van der Waals surface area contributed by atoms with Gasteiger partial charge >= 0.3 is 0 Å². The van der Waals surface area contributed by atoms with Crippen LogP contribution in [0.4, 0.5) is 0 Å². The molecule has 4 N–H and O–H groups in total. The normalized spacial score (nSPS) is 30.9. The lowest BCUT2D eigenvalue weighted by molar-refractivity contribution is -0.0427. The summed E-state index contributed by atoms with van der Waals surface area (Å²) >= 11 is 0. The molecule has 0 aromatic heterocycles. The molecule has 0 amide bonds. The molecule has 4 saturated heterocycles. The van der Waals surface area contributed by atoms with Crippen molar-refractivity contribution in [1.82, 2.24) is 10.0 Å². The number of hydrogen-bond acceptors (Lipinski definition) is 10. The summed E-state index contributed by atoms with van der Waals surface area (Å²) in [4.78, 5) is 0. The van der Waals surface area contributed by atoms with Crippen molar-refractivity contribution in [1.29, 1.82) is 0 Å². The van der Waals surface area contributed by atoms with Crippen molar-refractivity contribution >= 4 is 0 Å². The Labute approximate surface area is 159 Å². The average Bonchev–Trinajstić information content (AvgIpc) is 3.49. The predicted octanol–water partition coefficient (Wildman–Crippen LogP) is -2.96. The summed E-state index contributed by atoms with van der Waals surface area (Å²) in [5.41, 5.74) is -1.11.